The van der Waals surface area contributed by atoms with Crippen LogP contribution in [0.4, 0.5) is 17.1 Å². The van der Waals surface area contributed by atoms with Gasteiger partial charge in [0.1, 0.15) is 0 Å². The summed E-state index contributed by atoms with van der Waals surface area (Å²) in [7, 11) is 0. The van der Waals surface area contributed by atoms with Crippen molar-refractivity contribution < 1.29 is 6.85 Å². The van der Waals surface area contributed by atoms with Crippen LogP contribution in [-0.2, 0) is 5.41 Å². The molecule has 178 valence electrons. The van der Waals surface area contributed by atoms with Crippen LogP contribution in [0.25, 0.3) is 33.4 Å². The standard InChI is InChI=1S/C34H32N2/c1-34(2,3)28-22-26(24-13-6-4-7-14-24)21-27(23-28)30-18-12-17-29(25-15-8-5-9-16-25)33(30)36-32-20-11-10-19-31(32)35/h4-23,36H,35H2,1-3H3/i5D,8D,9D,15D,16D. The number of nitrogens with one attached hydrogen (secondary N) is 1. The van der Waals surface area contributed by atoms with E-state index in [1.807, 2.05) is 48.5 Å². The molecule has 0 radical (unpaired) electrons. The Morgan fingerprint density at radius 1 is 0.639 bits per heavy atom. The molecule has 0 amide bonds. The highest BCUT2D eigenvalue weighted by molar-refractivity contribution is 5.95. The predicted octanol–water partition coefficient (Wildman–Crippen LogP) is 9.31. The zero-order valence-corrected chi connectivity index (χ0v) is 20.7. The zero-order valence-electron chi connectivity index (χ0n) is 25.7. The summed E-state index contributed by atoms with van der Waals surface area (Å²) in [5, 5.41) is 3.47. The molecule has 5 rings (SSSR count). The van der Waals surface area contributed by atoms with Crippen molar-refractivity contribution in [2.24, 2.45) is 0 Å². The normalized spacial score (nSPS) is 13.2. The lowest BCUT2D eigenvalue weighted by Gasteiger charge is -2.23. The van der Waals surface area contributed by atoms with Gasteiger partial charge in [0.15, 0.2) is 0 Å². The van der Waals surface area contributed by atoms with Gasteiger partial charge >= 0.3 is 0 Å². The lowest BCUT2D eigenvalue weighted by atomic mass is 9.82. The molecule has 5 aromatic rings. The molecule has 0 bridgehead atoms. The first-order valence-corrected chi connectivity index (χ1v) is 12.0. The molecule has 0 heterocycles. The lowest BCUT2D eigenvalue weighted by Crippen LogP contribution is -2.11. The third-order valence-corrected chi connectivity index (χ3v) is 6.27. The van der Waals surface area contributed by atoms with Crippen LogP contribution in [0.3, 0.4) is 0 Å². The van der Waals surface area contributed by atoms with Crippen molar-refractivity contribution in [3.05, 3.63) is 127 Å². The molecule has 2 heteroatoms. The number of nitrogen functional groups attached to an aromatic ring is 1. The van der Waals surface area contributed by atoms with Gasteiger partial charge in [0.2, 0.25) is 0 Å². The van der Waals surface area contributed by atoms with Gasteiger partial charge in [-0.2, -0.15) is 0 Å². The van der Waals surface area contributed by atoms with Crippen molar-refractivity contribution in [3.63, 3.8) is 0 Å². The van der Waals surface area contributed by atoms with Crippen LogP contribution in [0, 0.1) is 0 Å². The maximum Gasteiger partial charge on any atom is 0.0629 e. The number of benzene rings is 5. The Morgan fingerprint density at radius 2 is 1.28 bits per heavy atom. The Morgan fingerprint density at radius 3 is 1.97 bits per heavy atom. The van der Waals surface area contributed by atoms with Crippen molar-refractivity contribution >= 4 is 17.1 Å². The fourth-order valence-electron chi connectivity index (χ4n) is 4.28. The van der Waals surface area contributed by atoms with E-state index in [9.17, 15) is 0 Å². The minimum Gasteiger partial charge on any atom is -0.397 e. The summed E-state index contributed by atoms with van der Waals surface area (Å²) in [4.78, 5) is 0. The average molecular weight is 474 g/mol. The second kappa shape index (κ2) is 9.75. The van der Waals surface area contributed by atoms with Crippen molar-refractivity contribution in [1.82, 2.24) is 0 Å². The quantitative estimate of drug-likeness (QED) is 0.250. The van der Waals surface area contributed by atoms with E-state index in [1.54, 1.807) is 12.1 Å². The molecule has 0 aliphatic rings. The Hall–Kier alpha value is -4.30. The minimum atomic E-state index is -0.424. The van der Waals surface area contributed by atoms with Crippen LogP contribution in [0.5, 0.6) is 0 Å². The van der Waals surface area contributed by atoms with E-state index in [4.69, 9.17) is 12.6 Å². The van der Waals surface area contributed by atoms with Crippen molar-refractivity contribution in [3.8, 4) is 33.4 Å². The molecule has 0 saturated heterocycles. The average Bonchev–Trinajstić information content (AvgIpc) is 2.96. The molecular weight excluding hydrogens is 436 g/mol. The molecular formula is C34H32N2. The van der Waals surface area contributed by atoms with Gasteiger partial charge in [0.05, 0.1) is 23.9 Å². The SMILES string of the molecule is [2H]c1c([2H])c([2H])c(-c2cccc(-c3cc(-c4ccccc4)cc(C(C)(C)C)c3)c2Nc2ccccc2N)c([2H])c1[2H]. The maximum atomic E-state index is 8.70. The highest BCUT2D eigenvalue weighted by Crippen LogP contribution is 2.42. The minimum absolute atomic E-state index is 0.130. The zero-order chi connectivity index (χ0) is 29.5. The van der Waals surface area contributed by atoms with Crippen LogP contribution in [0.2, 0.25) is 0 Å². The molecule has 0 aromatic heterocycles. The fraction of sp³-hybridized carbons (Fsp3) is 0.118. The van der Waals surface area contributed by atoms with E-state index in [-0.39, 0.29) is 35.1 Å². The summed E-state index contributed by atoms with van der Waals surface area (Å²) >= 11 is 0. The predicted molar refractivity (Wildman–Crippen MR) is 156 cm³/mol. The van der Waals surface area contributed by atoms with Gasteiger partial charge in [-0.05, 0) is 51.4 Å². The molecule has 0 spiro atoms. The van der Waals surface area contributed by atoms with E-state index in [0.29, 0.717) is 22.6 Å². The summed E-state index contributed by atoms with van der Waals surface area (Å²) in [6.07, 6.45) is 0. The highest BCUT2D eigenvalue weighted by atomic mass is 14.9. The molecule has 0 fully saturated rings. The number of hydrogen-bond acceptors (Lipinski definition) is 2. The van der Waals surface area contributed by atoms with Crippen molar-refractivity contribution in [1.29, 1.82) is 0 Å². The Labute approximate surface area is 221 Å². The van der Waals surface area contributed by atoms with E-state index in [2.05, 4.69) is 56.4 Å². The van der Waals surface area contributed by atoms with Crippen molar-refractivity contribution in [2.75, 3.05) is 11.1 Å². The second-order valence-corrected chi connectivity index (χ2v) is 9.86. The smallest absolute Gasteiger partial charge is 0.0629 e. The van der Waals surface area contributed by atoms with Gasteiger partial charge in [-0.25, -0.2) is 0 Å². The number of para-hydroxylation sites is 3. The van der Waals surface area contributed by atoms with Crippen LogP contribution < -0.4 is 11.1 Å². The summed E-state index contributed by atoms with van der Waals surface area (Å²) in [6.45, 7) is 6.52. The Kier molecular flexibility index (Phi) is 4.89. The summed E-state index contributed by atoms with van der Waals surface area (Å²) in [6, 6.07) is 28.0. The lowest BCUT2D eigenvalue weighted by molar-refractivity contribution is 0.590. The Bertz CT molecular complexity index is 1730. The molecule has 36 heavy (non-hydrogen) atoms. The third kappa shape index (κ3) is 4.89. The largest absolute Gasteiger partial charge is 0.397 e. The van der Waals surface area contributed by atoms with Gasteiger partial charge in [-0.3, -0.25) is 0 Å². The van der Waals surface area contributed by atoms with Gasteiger partial charge in [-0.15, -0.1) is 0 Å². The number of hydrogen-bond donors (Lipinski definition) is 2. The van der Waals surface area contributed by atoms with Gasteiger partial charge in [-0.1, -0.05) is 124 Å². The molecule has 5 aromatic carbocycles. The first kappa shape index (κ1) is 18.0. The van der Waals surface area contributed by atoms with Gasteiger partial charge < -0.3 is 11.1 Å². The van der Waals surface area contributed by atoms with Gasteiger partial charge in [0, 0.05) is 11.1 Å². The number of nitrogens with two attached hydrogens (primary N) is 1. The number of anilines is 3. The highest BCUT2D eigenvalue weighted by Gasteiger charge is 2.19. The summed E-state index contributed by atoms with van der Waals surface area (Å²) in [5.41, 5.74) is 13.7. The molecule has 0 aliphatic carbocycles. The second-order valence-electron chi connectivity index (χ2n) is 9.86. The topological polar surface area (TPSA) is 38.0 Å². The van der Waals surface area contributed by atoms with Gasteiger partial charge in [0.25, 0.3) is 0 Å². The fourth-order valence-corrected chi connectivity index (χ4v) is 4.28. The first-order valence-electron chi connectivity index (χ1n) is 14.5. The van der Waals surface area contributed by atoms with Crippen LogP contribution in [-0.4, -0.2) is 0 Å². The van der Waals surface area contributed by atoms with Crippen LogP contribution >= 0.6 is 0 Å². The molecule has 0 atom stereocenters. The molecule has 2 nitrogen and oxygen atoms in total. The van der Waals surface area contributed by atoms with Crippen molar-refractivity contribution in [2.45, 2.75) is 26.2 Å². The van der Waals surface area contributed by atoms with Crippen LogP contribution in [0.15, 0.2) is 121 Å². The van der Waals surface area contributed by atoms with E-state index < -0.39 is 6.04 Å². The molecule has 3 N–H and O–H groups in total. The van der Waals surface area contributed by atoms with E-state index in [0.717, 1.165) is 27.8 Å². The monoisotopic (exact) mass is 473 g/mol. The van der Waals surface area contributed by atoms with Crippen LogP contribution in [0.1, 0.15) is 33.2 Å². The first-order chi connectivity index (χ1) is 19.5. The van der Waals surface area contributed by atoms with E-state index >= 15 is 0 Å². The Balaban J connectivity index is 1.85. The molecule has 0 unspecified atom stereocenters. The third-order valence-electron chi connectivity index (χ3n) is 6.27. The maximum absolute atomic E-state index is 8.70. The van der Waals surface area contributed by atoms with E-state index in [1.165, 1.54) is 0 Å². The molecule has 0 aliphatic heterocycles. The summed E-state index contributed by atoms with van der Waals surface area (Å²) in [5.74, 6) is 0. The summed E-state index contributed by atoms with van der Waals surface area (Å²) < 4.78 is 42.1. The molecule has 0 saturated carbocycles. The number of rotatable bonds is 5.